The van der Waals surface area contributed by atoms with Crippen LogP contribution in [0.3, 0.4) is 0 Å². The third-order valence-electron chi connectivity index (χ3n) is 3.57. The molecule has 1 aromatic rings. The first-order chi connectivity index (χ1) is 9.52. The third-order valence-corrected chi connectivity index (χ3v) is 3.57. The SMILES string of the molecule is CCC1CCCN1C(=O)Nc1ccc(C(=O)O)cc1F. The van der Waals surface area contributed by atoms with Crippen molar-refractivity contribution >= 4 is 17.7 Å². The van der Waals surface area contributed by atoms with Crippen LogP contribution in [0.2, 0.25) is 0 Å². The molecular weight excluding hydrogens is 263 g/mol. The number of carboxylic acids is 1. The molecule has 2 N–H and O–H groups in total. The molecule has 1 aromatic carbocycles. The van der Waals surface area contributed by atoms with Gasteiger partial charge >= 0.3 is 12.0 Å². The lowest BCUT2D eigenvalue weighted by Gasteiger charge is -2.24. The number of nitrogens with one attached hydrogen (secondary N) is 1. The number of hydrogen-bond donors (Lipinski definition) is 2. The Hall–Kier alpha value is -2.11. The summed E-state index contributed by atoms with van der Waals surface area (Å²) in [5, 5.41) is 11.3. The molecule has 0 bridgehead atoms. The molecule has 2 amide bonds. The molecule has 0 spiro atoms. The van der Waals surface area contributed by atoms with Crippen LogP contribution in [0.25, 0.3) is 0 Å². The molecular formula is C14H17FN2O3. The molecule has 0 aromatic heterocycles. The van der Waals surface area contributed by atoms with Crippen molar-refractivity contribution in [2.24, 2.45) is 0 Å². The van der Waals surface area contributed by atoms with Gasteiger partial charge in [-0.2, -0.15) is 0 Å². The molecule has 5 nitrogen and oxygen atoms in total. The Morgan fingerprint density at radius 2 is 2.25 bits per heavy atom. The van der Waals surface area contributed by atoms with Crippen molar-refractivity contribution in [3.05, 3.63) is 29.6 Å². The zero-order valence-electron chi connectivity index (χ0n) is 11.2. The summed E-state index contributed by atoms with van der Waals surface area (Å²) in [6.07, 6.45) is 2.78. The first kappa shape index (κ1) is 14.3. The largest absolute Gasteiger partial charge is 0.478 e. The summed E-state index contributed by atoms with van der Waals surface area (Å²) in [7, 11) is 0. The third kappa shape index (κ3) is 2.89. The Morgan fingerprint density at radius 1 is 1.50 bits per heavy atom. The van der Waals surface area contributed by atoms with E-state index in [0.29, 0.717) is 6.54 Å². The molecule has 2 rings (SSSR count). The van der Waals surface area contributed by atoms with Crippen LogP contribution in [0.1, 0.15) is 36.5 Å². The number of likely N-dealkylation sites (tertiary alicyclic amines) is 1. The van der Waals surface area contributed by atoms with Gasteiger partial charge in [-0.1, -0.05) is 6.92 Å². The van der Waals surface area contributed by atoms with Crippen molar-refractivity contribution < 1.29 is 19.1 Å². The number of rotatable bonds is 3. The second-order valence-electron chi connectivity index (χ2n) is 4.83. The predicted octanol–water partition coefficient (Wildman–Crippen LogP) is 2.93. The number of carbonyl (C=O) groups excluding carboxylic acids is 1. The van der Waals surface area contributed by atoms with Crippen molar-refractivity contribution in [3.8, 4) is 0 Å². The Labute approximate surface area is 116 Å². The molecule has 1 unspecified atom stereocenters. The quantitative estimate of drug-likeness (QED) is 0.894. The molecule has 1 atom stereocenters. The summed E-state index contributed by atoms with van der Waals surface area (Å²) in [5.41, 5.74) is -0.144. The predicted molar refractivity (Wildman–Crippen MR) is 72.4 cm³/mol. The second-order valence-corrected chi connectivity index (χ2v) is 4.83. The summed E-state index contributed by atoms with van der Waals surface area (Å²) in [6.45, 7) is 2.68. The second kappa shape index (κ2) is 5.90. The number of amides is 2. The minimum Gasteiger partial charge on any atom is -0.478 e. The fourth-order valence-electron chi connectivity index (χ4n) is 2.46. The number of carboxylic acid groups (broad SMARTS) is 1. The van der Waals surface area contributed by atoms with E-state index in [1.165, 1.54) is 12.1 Å². The van der Waals surface area contributed by atoms with Gasteiger partial charge in [0.05, 0.1) is 11.3 Å². The zero-order valence-corrected chi connectivity index (χ0v) is 11.2. The van der Waals surface area contributed by atoms with Gasteiger partial charge in [-0.3, -0.25) is 0 Å². The fraction of sp³-hybridized carbons (Fsp3) is 0.429. The van der Waals surface area contributed by atoms with Crippen LogP contribution < -0.4 is 5.32 Å². The van der Waals surface area contributed by atoms with Crippen molar-refractivity contribution in [1.82, 2.24) is 4.90 Å². The van der Waals surface area contributed by atoms with Crippen LogP contribution in [0.4, 0.5) is 14.9 Å². The first-order valence-corrected chi connectivity index (χ1v) is 6.63. The van der Waals surface area contributed by atoms with Gasteiger partial charge in [0.25, 0.3) is 0 Å². The molecule has 0 radical (unpaired) electrons. The Bertz CT molecular complexity index is 533. The van der Waals surface area contributed by atoms with Crippen LogP contribution in [-0.2, 0) is 0 Å². The summed E-state index contributed by atoms with van der Waals surface area (Å²) in [6, 6.07) is 3.29. The van der Waals surface area contributed by atoms with E-state index in [4.69, 9.17) is 5.11 Å². The number of benzene rings is 1. The molecule has 20 heavy (non-hydrogen) atoms. The summed E-state index contributed by atoms with van der Waals surface area (Å²) in [5.74, 6) is -1.95. The summed E-state index contributed by atoms with van der Waals surface area (Å²) >= 11 is 0. The van der Waals surface area contributed by atoms with Crippen molar-refractivity contribution in [3.63, 3.8) is 0 Å². The van der Waals surface area contributed by atoms with Crippen molar-refractivity contribution in [2.75, 3.05) is 11.9 Å². The number of anilines is 1. The van der Waals surface area contributed by atoms with Gasteiger partial charge in [-0.05, 0) is 37.5 Å². The van der Waals surface area contributed by atoms with E-state index in [9.17, 15) is 14.0 Å². The molecule has 0 saturated carbocycles. The smallest absolute Gasteiger partial charge is 0.335 e. The van der Waals surface area contributed by atoms with E-state index < -0.39 is 11.8 Å². The molecule has 1 aliphatic rings. The Balaban J connectivity index is 2.10. The van der Waals surface area contributed by atoms with Gasteiger partial charge in [0.1, 0.15) is 5.82 Å². The minimum absolute atomic E-state index is 0.00162. The van der Waals surface area contributed by atoms with Crippen LogP contribution >= 0.6 is 0 Å². The first-order valence-electron chi connectivity index (χ1n) is 6.63. The van der Waals surface area contributed by atoms with Gasteiger partial charge in [0.2, 0.25) is 0 Å². The molecule has 1 heterocycles. The lowest BCUT2D eigenvalue weighted by molar-refractivity contribution is 0.0696. The molecule has 1 saturated heterocycles. The van der Waals surface area contributed by atoms with E-state index in [1.54, 1.807) is 4.90 Å². The topological polar surface area (TPSA) is 69.6 Å². The minimum atomic E-state index is -1.20. The lowest BCUT2D eigenvalue weighted by atomic mass is 10.2. The normalized spacial score (nSPS) is 18.1. The number of urea groups is 1. The van der Waals surface area contributed by atoms with E-state index in [1.807, 2.05) is 6.92 Å². The highest BCUT2D eigenvalue weighted by molar-refractivity contribution is 5.92. The van der Waals surface area contributed by atoms with Gasteiger partial charge in [0.15, 0.2) is 0 Å². The van der Waals surface area contributed by atoms with Gasteiger partial charge in [0, 0.05) is 12.6 Å². The fourth-order valence-corrected chi connectivity index (χ4v) is 2.46. The van der Waals surface area contributed by atoms with E-state index >= 15 is 0 Å². The monoisotopic (exact) mass is 280 g/mol. The van der Waals surface area contributed by atoms with Crippen molar-refractivity contribution in [1.29, 1.82) is 0 Å². The van der Waals surface area contributed by atoms with E-state index in [2.05, 4.69) is 5.32 Å². The maximum Gasteiger partial charge on any atom is 0.335 e. The molecule has 108 valence electrons. The average molecular weight is 280 g/mol. The van der Waals surface area contributed by atoms with Crippen LogP contribution in [0, 0.1) is 5.82 Å². The number of halogens is 1. The van der Waals surface area contributed by atoms with E-state index in [0.717, 1.165) is 25.3 Å². The average Bonchev–Trinajstić information content (AvgIpc) is 2.89. The Morgan fingerprint density at radius 3 is 2.85 bits per heavy atom. The van der Waals surface area contributed by atoms with Gasteiger partial charge < -0.3 is 15.3 Å². The van der Waals surface area contributed by atoms with Crippen LogP contribution in [0.5, 0.6) is 0 Å². The summed E-state index contributed by atoms with van der Waals surface area (Å²) < 4.78 is 13.7. The maximum atomic E-state index is 13.7. The van der Waals surface area contributed by atoms with E-state index in [-0.39, 0.29) is 23.3 Å². The maximum absolute atomic E-state index is 13.7. The highest BCUT2D eigenvalue weighted by Crippen LogP contribution is 2.22. The number of nitrogens with zero attached hydrogens (tertiary/aromatic N) is 1. The standard InChI is InChI=1S/C14H17FN2O3/c1-2-10-4-3-7-17(10)14(20)16-12-6-5-9(13(18)19)8-11(12)15/h5-6,8,10H,2-4,7H2,1H3,(H,16,20)(H,18,19). The van der Waals surface area contributed by atoms with Crippen LogP contribution in [0.15, 0.2) is 18.2 Å². The molecule has 0 aliphatic carbocycles. The lowest BCUT2D eigenvalue weighted by Crippen LogP contribution is -2.38. The highest BCUT2D eigenvalue weighted by atomic mass is 19.1. The highest BCUT2D eigenvalue weighted by Gasteiger charge is 2.27. The molecule has 1 aliphatic heterocycles. The number of aromatic carboxylic acids is 1. The van der Waals surface area contributed by atoms with Crippen LogP contribution in [-0.4, -0.2) is 34.6 Å². The zero-order chi connectivity index (χ0) is 14.7. The Kier molecular flexibility index (Phi) is 4.22. The summed E-state index contributed by atoms with van der Waals surface area (Å²) in [4.78, 5) is 24.5. The molecule has 1 fully saturated rings. The number of carbonyl (C=O) groups is 2. The molecule has 6 heteroatoms. The van der Waals surface area contributed by atoms with Gasteiger partial charge in [-0.15, -0.1) is 0 Å². The van der Waals surface area contributed by atoms with Crippen molar-refractivity contribution in [2.45, 2.75) is 32.2 Å². The number of hydrogen-bond acceptors (Lipinski definition) is 2. The van der Waals surface area contributed by atoms with Gasteiger partial charge in [-0.25, -0.2) is 14.0 Å².